The Hall–Kier alpha value is -2.90. The van der Waals surface area contributed by atoms with Crippen molar-refractivity contribution in [3.8, 4) is 0 Å². The average molecular weight is 335 g/mol. The molecule has 1 N–H and O–H groups in total. The van der Waals surface area contributed by atoms with Gasteiger partial charge in [0.1, 0.15) is 5.54 Å². The fourth-order valence-corrected chi connectivity index (χ4v) is 2.55. The van der Waals surface area contributed by atoms with Crippen molar-refractivity contribution in [2.45, 2.75) is 18.6 Å². The predicted octanol–water partition coefficient (Wildman–Crippen LogP) is 3.07. The molecule has 1 aromatic heterocycles. The number of alkyl halides is 3. The first kappa shape index (κ1) is 16.0. The number of carbonyl (C=O) groups excluding carboxylic acids is 2. The van der Waals surface area contributed by atoms with Crippen LogP contribution in [0.3, 0.4) is 0 Å². The molecule has 1 saturated heterocycles. The summed E-state index contributed by atoms with van der Waals surface area (Å²) >= 11 is 0. The first-order valence-electron chi connectivity index (χ1n) is 6.98. The van der Waals surface area contributed by atoms with Crippen molar-refractivity contribution in [2.75, 3.05) is 4.90 Å². The molecule has 2 aromatic rings. The summed E-state index contributed by atoms with van der Waals surface area (Å²) in [5.41, 5.74) is -1.72. The summed E-state index contributed by atoms with van der Waals surface area (Å²) < 4.78 is 38.0. The van der Waals surface area contributed by atoms with Crippen molar-refractivity contribution in [3.63, 3.8) is 0 Å². The van der Waals surface area contributed by atoms with E-state index in [-0.39, 0.29) is 11.3 Å². The van der Waals surface area contributed by atoms with Crippen LogP contribution in [0.2, 0.25) is 0 Å². The molecule has 1 fully saturated rings. The molecule has 5 nitrogen and oxygen atoms in total. The number of hydrogen-bond donors (Lipinski definition) is 1. The van der Waals surface area contributed by atoms with E-state index in [9.17, 15) is 22.8 Å². The summed E-state index contributed by atoms with van der Waals surface area (Å²) in [6.45, 7) is 1.45. The van der Waals surface area contributed by atoms with Gasteiger partial charge in [-0.2, -0.15) is 13.2 Å². The highest BCUT2D eigenvalue weighted by atomic mass is 19.4. The minimum absolute atomic E-state index is 0.264. The predicted molar refractivity (Wildman–Crippen MR) is 79.1 cm³/mol. The number of pyridine rings is 1. The van der Waals surface area contributed by atoms with E-state index in [1.807, 2.05) is 0 Å². The lowest BCUT2D eigenvalue weighted by atomic mass is 9.91. The Morgan fingerprint density at radius 3 is 2.33 bits per heavy atom. The van der Waals surface area contributed by atoms with Gasteiger partial charge in [0.25, 0.3) is 5.91 Å². The molecule has 1 aliphatic rings. The van der Waals surface area contributed by atoms with Crippen molar-refractivity contribution < 1.29 is 22.8 Å². The van der Waals surface area contributed by atoms with Crippen LogP contribution in [0.15, 0.2) is 48.8 Å². The van der Waals surface area contributed by atoms with E-state index in [1.54, 1.807) is 12.1 Å². The van der Waals surface area contributed by atoms with Crippen LogP contribution >= 0.6 is 0 Å². The third kappa shape index (κ3) is 2.49. The molecule has 0 bridgehead atoms. The number of rotatable bonds is 2. The molecule has 0 radical (unpaired) electrons. The number of aromatic nitrogens is 1. The number of anilines is 1. The van der Waals surface area contributed by atoms with E-state index in [1.165, 1.54) is 31.5 Å². The lowest BCUT2D eigenvalue weighted by Gasteiger charge is -2.22. The summed E-state index contributed by atoms with van der Waals surface area (Å²) in [6.07, 6.45) is -1.61. The van der Waals surface area contributed by atoms with E-state index in [2.05, 4.69) is 10.3 Å². The lowest BCUT2D eigenvalue weighted by molar-refractivity contribution is -0.137. The van der Waals surface area contributed by atoms with Gasteiger partial charge in [-0.15, -0.1) is 0 Å². The Balaban J connectivity index is 1.96. The maximum Gasteiger partial charge on any atom is 0.416 e. The van der Waals surface area contributed by atoms with E-state index in [4.69, 9.17) is 0 Å². The van der Waals surface area contributed by atoms with Crippen LogP contribution in [-0.2, 0) is 16.5 Å². The third-order valence-electron chi connectivity index (χ3n) is 3.88. The molecule has 2 heterocycles. The largest absolute Gasteiger partial charge is 0.416 e. The smallest absolute Gasteiger partial charge is 0.319 e. The molecule has 0 aliphatic carbocycles. The number of carbonyl (C=O) groups is 2. The van der Waals surface area contributed by atoms with Gasteiger partial charge in [-0.3, -0.25) is 9.78 Å². The molecule has 1 aromatic carbocycles. The Bertz CT molecular complexity index is 790. The van der Waals surface area contributed by atoms with E-state index >= 15 is 0 Å². The summed E-state index contributed by atoms with van der Waals surface area (Å²) in [6, 6.07) is 6.60. The van der Waals surface area contributed by atoms with Crippen LogP contribution in [0.1, 0.15) is 18.1 Å². The summed E-state index contributed by atoms with van der Waals surface area (Å²) in [5.74, 6) is -0.583. The first-order chi connectivity index (χ1) is 11.2. The maximum absolute atomic E-state index is 12.7. The highest BCUT2D eigenvalue weighted by Crippen LogP contribution is 2.34. The van der Waals surface area contributed by atoms with E-state index in [0.29, 0.717) is 0 Å². The Labute approximate surface area is 135 Å². The number of benzene rings is 1. The van der Waals surface area contributed by atoms with Crippen LogP contribution in [0.25, 0.3) is 0 Å². The second kappa shape index (κ2) is 5.33. The quantitative estimate of drug-likeness (QED) is 0.858. The molecule has 1 atom stereocenters. The number of urea groups is 1. The first-order valence-corrected chi connectivity index (χ1v) is 6.98. The Morgan fingerprint density at radius 2 is 1.79 bits per heavy atom. The van der Waals surface area contributed by atoms with Gasteiger partial charge in [0.2, 0.25) is 0 Å². The normalized spacial score (nSPS) is 21.1. The van der Waals surface area contributed by atoms with Gasteiger partial charge in [0.15, 0.2) is 0 Å². The van der Waals surface area contributed by atoms with Crippen LogP contribution in [0.5, 0.6) is 0 Å². The summed E-state index contributed by atoms with van der Waals surface area (Å²) in [7, 11) is 0. The van der Waals surface area contributed by atoms with Crippen molar-refractivity contribution in [2.24, 2.45) is 0 Å². The number of imide groups is 1. The zero-order valence-corrected chi connectivity index (χ0v) is 12.5. The number of halogens is 3. The summed E-state index contributed by atoms with van der Waals surface area (Å²) in [4.78, 5) is 29.7. The number of nitrogens with zero attached hydrogens (tertiary/aromatic N) is 2. The molecule has 24 heavy (non-hydrogen) atoms. The third-order valence-corrected chi connectivity index (χ3v) is 3.88. The molecule has 1 unspecified atom stereocenters. The zero-order valence-electron chi connectivity index (χ0n) is 12.5. The average Bonchev–Trinajstić information content (AvgIpc) is 2.78. The number of amides is 3. The number of hydrogen-bond acceptors (Lipinski definition) is 3. The molecule has 0 saturated carbocycles. The van der Waals surface area contributed by atoms with Gasteiger partial charge < -0.3 is 5.32 Å². The minimum Gasteiger partial charge on any atom is -0.319 e. The van der Waals surface area contributed by atoms with Gasteiger partial charge in [-0.05, 0) is 36.8 Å². The van der Waals surface area contributed by atoms with Gasteiger partial charge in [0, 0.05) is 6.20 Å². The van der Waals surface area contributed by atoms with Gasteiger partial charge in [0.05, 0.1) is 17.4 Å². The SMILES string of the molecule is CC1(c2ccc(C(F)(F)F)cc2)NC(=O)N(c2cccnc2)C1=O. The van der Waals surface area contributed by atoms with Crippen LogP contribution in [0, 0.1) is 0 Å². The van der Waals surface area contributed by atoms with Crippen LogP contribution < -0.4 is 10.2 Å². The van der Waals surface area contributed by atoms with Gasteiger partial charge in [-0.1, -0.05) is 12.1 Å². The molecule has 3 amide bonds. The van der Waals surface area contributed by atoms with Crippen molar-refractivity contribution in [3.05, 3.63) is 59.9 Å². The molecule has 0 spiro atoms. The fourth-order valence-electron chi connectivity index (χ4n) is 2.55. The van der Waals surface area contributed by atoms with Crippen LogP contribution in [0.4, 0.5) is 23.7 Å². The second-order valence-corrected chi connectivity index (χ2v) is 5.48. The van der Waals surface area contributed by atoms with E-state index < -0.39 is 29.2 Å². The molecular formula is C16H12F3N3O2. The number of nitrogens with one attached hydrogen (secondary N) is 1. The second-order valence-electron chi connectivity index (χ2n) is 5.48. The minimum atomic E-state index is -4.47. The highest BCUT2D eigenvalue weighted by Gasteiger charge is 2.49. The van der Waals surface area contributed by atoms with Gasteiger partial charge >= 0.3 is 12.2 Å². The maximum atomic E-state index is 12.7. The molecule has 124 valence electrons. The van der Waals surface area contributed by atoms with Crippen molar-refractivity contribution >= 4 is 17.6 Å². The summed E-state index contributed by atoms with van der Waals surface area (Å²) in [5, 5.41) is 2.53. The van der Waals surface area contributed by atoms with Gasteiger partial charge in [-0.25, -0.2) is 9.69 Å². The van der Waals surface area contributed by atoms with Crippen LogP contribution in [-0.4, -0.2) is 16.9 Å². The highest BCUT2D eigenvalue weighted by molar-refractivity contribution is 6.23. The standard InChI is InChI=1S/C16H12F3N3O2/c1-15(10-4-6-11(7-5-10)16(17,18)19)13(23)22(14(24)21-15)12-3-2-8-20-9-12/h2-9H,1H3,(H,21,24). The Morgan fingerprint density at radius 1 is 1.12 bits per heavy atom. The molecule has 8 heteroatoms. The lowest BCUT2D eigenvalue weighted by Crippen LogP contribution is -2.41. The molecule has 3 rings (SSSR count). The van der Waals surface area contributed by atoms with Crippen molar-refractivity contribution in [1.29, 1.82) is 0 Å². The topological polar surface area (TPSA) is 62.3 Å². The molecular weight excluding hydrogens is 323 g/mol. The van der Waals surface area contributed by atoms with Crippen molar-refractivity contribution in [1.82, 2.24) is 10.3 Å². The monoisotopic (exact) mass is 335 g/mol. The molecule has 1 aliphatic heterocycles. The Kier molecular flexibility index (Phi) is 3.55. The van der Waals surface area contributed by atoms with E-state index in [0.717, 1.165) is 17.0 Å². The zero-order chi connectivity index (χ0) is 17.5. The fraction of sp³-hybridized carbons (Fsp3) is 0.188.